The van der Waals surface area contributed by atoms with Gasteiger partial charge in [-0.05, 0) is 61.3 Å². The van der Waals surface area contributed by atoms with E-state index >= 15 is 0 Å². The van der Waals surface area contributed by atoms with Crippen LogP contribution in [0.2, 0.25) is 0 Å². The summed E-state index contributed by atoms with van der Waals surface area (Å²) < 4.78 is 32.9. The van der Waals surface area contributed by atoms with Crippen LogP contribution in [0.25, 0.3) is 0 Å². The van der Waals surface area contributed by atoms with Crippen molar-refractivity contribution in [1.29, 1.82) is 0 Å². The van der Waals surface area contributed by atoms with Crippen molar-refractivity contribution in [2.75, 3.05) is 32.5 Å². The van der Waals surface area contributed by atoms with Gasteiger partial charge in [0.2, 0.25) is 10.0 Å². The van der Waals surface area contributed by atoms with Gasteiger partial charge in [-0.2, -0.15) is 4.31 Å². The lowest BCUT2D eigenvalue weighted by atomic mass is 9.77. The molecule has 0 aliphatic carbocycles. The van der Waals surface area contributed by atoms with Crippen LogP contribution < -0.4 is 4.74 Å². The fourth-order valence-electron chi connectivity index (χ4n) is 5.24. The predicted molar refractivity (Wildman–Crippen MR) is 110 cm³/mol. The Balaban J connectivity index is 0.00000210. The van der Waals surface area contributed by atoms with Gasteiger partial charge < -0.3 is 4.74 Å². The van der Waals surface area contributed by atoms with E-state index in [2.05, 4.69) is 17.0 Å². The number of ether oxygens (including phenoxy) is 1. The maximum Gasteiger partial charge on any atom is 0.214 e. The summed E-state index contributed by atoms with van der Waals surface area (Å²) in [5.74, 6) is 1.67. The lowest BCUT2D eigenvalue weighted by Gasteiger charge is -2.51. The van der Waals surface area contributed by atoms with Crippen LogP contribution in [0, 0.1) is 5.92 Å². The summed E-state index contributed by atoms with van der Waals surface area (Å²) >= 11 is 0. The number of rotatable bonds is 4. The van der Waals surface area contributed by atoms with Gasteiger partial charge in [0.25, 0.3) is 0 Å². The normalized spacial score (nSPS) is 28.4. The van der Waals surface area contributed by atoms with E-state index in [4.69, 9.17) is 4.74 Å². The van der Waals surface area contributed by atoms with Crippen LogP contribution >= 0.6 is 12.4 Å². The molecule has 3 aliphatic rings. The fourth-order valence-corrected chi connectivity index (χ4v) is 7.07. The molecule has 0 saturated carbocycles. The molecule has 7 heteroatoms. The average Bonchev–Trinajstić information content (AvgIpc) is 2.65. The molecule has 27 heavy (non-hydrogen) atoms. The standard InChI is InChI=1S/C20H30N2O3S.ClH/c1-3-11-26(23,24)22-9-4-5-16-14-21-10-8-15-12-17(25-2)6-7-18(15)20(21)13-19(16)22;/h6-7,12,16,19-20H,3-5,8-11,13-14H2,1-2H3;1H/t16-,19+,20-;/m1./s1. The van der Waals surface area contributed by atoms with Crippen LogP contribution in [-0.4, -0.2) is 56.2 Å². The number of hydrogen-bond donors (Lipinski definition) is 0. The summed E-state index contributed by atoms with van der Waals surface area (Å²) in [4.78, 5) is 2.59. The Labute approximate surface area is 169 Å². The summed E-state index contributed by atoms with van der Waals surface area (Å²) in [6.45, 7) is 4.74. The van der Waals surface area contributed by atoms with Crippen molar-refractivity contribution in [3.63, 3.8) is 0 Å². The molecule has 3 atom stereocenters. The Morgan fingerprint density at radius 2 is 2.07 bits per heavy atom. The second-order valence-corrected chi connectivity index (χ2v) is 10.00. The third-order valence-electron chi connectivity index (χ3n) is 6.44. The van der Waals surface area contributed by atoms with Crippen LogP contribution in [0.1, 0.15) is 49.8 Å². The molecule has 0 unspecified atom stereocenters. The number of benzene rings is 1. The third-order valence-corrected chi connectivity index (χ3v) is 8.53. The fraction of sp³-hybridized carbons (Fsp3) is 0.700. The van der Waals surface area contributed by atoms with Crippen molar-refractivity contribution in [3.8, 4) is 5.75 Å². The number of halogens is 1. The van der Waals surface area contributed by atoms with E-state index < -0.39 is 10.0 Å². The summed E-state index contributed by atoms with van der Waals surface area (Å²) in [6.07, 6.45) is 4.82. The molecule has 1 aromatic rings. The van der Waals surface area contributed by atoms with Gasteiger partial charge in [-0.25, -0.2) is 8.42 Å². The molecule has 0 aromatic heterocycles. The van der Waals surface area contributed by atoms with Crippen molar-refractivity contribution in [2.45, 2.75) is 51.1 Å². The number of fused-ring (bicyclic) bond motifs is 4. The SMILES string of the molecule is CCCS(=O)(=O)N1CCC[C@@H]2CN3CCc4cc(OC)ccc4[C@H]3C[C@@H]21.Cl. The molecule has 4 rings (SSSR count). The van der Waals surface area contributed by atoms with E-state index in [9.17, 15) is 8.42 Å². The minimum absolute atomic E-state index is 0. The number of piperidine rings is 2. The van der Waals surface area contributed by atoms with Crippen molar-refractivity contribution >= 4 is 22.4 Å². The van der Waals surface area contributed by atoms with Crippen LogP contribution in [0.15, 0.2) is 18.2 Å². The van der Waals surface area contributed by atoms with Crippen LogP contribution in [0.3, 0.4) is 0 Å². The van der Waals surface area contributed by atoms with Gasteiger partial charge in [-0.15, -0.1) is 12.4 Å². The highest BCUT2D eigenvalue weighted by molar-refractivity contribution is 7.89. The van der Waals surface area contributed by atoms with Crippen molar-refractivity contribution in [2.24, 2.45) is 5.92 Å². The molecule has 0 bridgehead atoms. The van der Waals surface area contributed by atoms with Crippen LogP contribution in [-0.2, 0) is 16.4 Å². The van der Waals surface area contributed by atoms with Crippen LogP contribution in [0.4, 0.5) is 0 Å². The van der Waals surface area contributed by atoms with Gasteiger partial charge in [-0.1, -0.05) is 13.0 Å². The molecule has 2 saturated heterocycles. The lowest BCUT2D eigenvalue weighted by Crippen LogP contribution is -2.57. The Morgan fingerprint density at radius 3 is 2.81 bits per heavy atom. The highest BCUT2D eigenvalue weighted by Crippen LogP contribution is 2.44. The average molecular weight is 415 g/mol. The molecule has 152 valence electrons. The van der Waals surface area contributed by atoms with E-state index in [1.54, 1.807) is 7.11 Å². The summed E-state index contributed by atoms with van der Waals surface area (Å²) in [5, 5.41) is 0. The lowest BCUT2D eigenvalue weighted by molar-refractivity contribution is 0.0220. The Morgan fingerprint density at radius 1 is 1.26 bits per heavy atom. The van der Waals surface area contributed by atoms with E-state index in [0.717, 1.165) is 44.5 Å². The molecule has 3 heterocycles. The topological polar surface area (TPSA) is 49.9 Å². The number of methoxy groups -OCH3 is 1. The maximum atomic E-state index is 12.8. The number of hydrogen-bond acceptors (Lipinski definition) is 4. The first kappa shape index (κ1) is 20.9. The first-order valence-electron chi connectivity index (χ1n) is 9.94. The molecule has 0 spiro atoms. The molecule has 0 amide bonds. The molecule has 0 N–H and O–H groups in total. The quantitative estimate of drug-likeness (QED) is 0.758. The molecule has 0 radical (unpaired) electrons. The van der Waals surface area contributed by atoms with E-state index in [1.807, 2.05) is 17.3 Å². The van der Waals surface area contributed by atoms with Gasteiger partial charge in [0.05, 0.1) is 12.9 Å². The second-order valence-electron chi connectivity index (χ2n) is 7.96. The monoisotopic (exact) mass is 414 g/mol. The molecular weight excluding hydrogens is 384 g/mol. The highest BCUT2D eigenvalue weighted by atomic mass is 35.5. The largest absolute Gasteiger partial charge is 0.497 e. The van der Waals surface area contributed by atoms with Crippen molar-refractivity contribution in [1.82, 2.24) is 9.21 Å². The minimum atomic E-state index is -3.13. The maximum absolute atomic E-state index is 12.8. The Bertz CT molecular complexity index is 770. The van der Waals surface area contributed by atoms with E-state index in [1.165, 1.54) is 11.1 Å². The first-order chi connectivity index (χ1) is 12.5. The van der Waals surface area contributed by atoms with Crippen LogP contribution in [0.5, 0.6) is 5.75 Å². The Hall–Kier alpha value is -0.820. The number of sulfonamides is 1. The summed E-state index contributed by atoms with van der Waals surface area (Å²) in [5.41, 5.74) is 2.73. The summed E-state index contributed by atoms with van der Waals surface area (Å²) in [6, 6.07) is 6.89. The van der Waals surface area contributed by atoms with Crippen molar-refractivity contribution in [3.05, 3.63) is 29.3 Å². The van der Waals surface area contributed by atoms with Crippen molar-refractivity contribution < 1.29 is 13.2 Å². The van der Waals surface area contributed by atoms with Gasteiger partial charge in [0.15, 0.2) is 0 Å². The van der Waals surface area contributed by atoms with Gasteiger partial charge in [-0.3, -0.25) is 4.90 Å². The Kier molecular flexibility index (Phi) is 6.41. The summed E-state index contributed by atoms with van der Waals surface area (Å²) in [7, 11) is -1.43. The molecule has 2 fully saturated rings. The van der Waals surface area contributed by atoms with E-state index in [-0.39, 0.29) is 24.2 Å². The zero-order chi connectivity index (χ0) is 18.3. The smallest absolute Gasteiger partial charge is 0.214 e. The van der Waals surface area contributed by atoms with Gasteiger partial charge in [0, 0.05) is 31.7 Å². The first-order valence-corrected chi connectivity index (χ1v) is 11.5. The van der Waals surface area contributed by atoms with E-state index in [0.29, 0.717) is 24.9 Å². The molecule has 3 aliphatic heterocycles. The third kappa shape index (κ3) is 3.86. The molecular formula is C20H31ClN2O3S. The minimum Gasteiger partial charge on any atom is -0.497 e. The molecule has 5 nitrogen and oxygen atoms in total. The molecule has 1 aromatic carbocycles. The highest BCUT2D eigenvalue weighted by Gasteiger charge is 2.45. The zero-order valence-electron chi connectivity index (χ0n) is 16.3. The predicted octanol–water partition coefficient (Wildman–Crippen LogP) is 3.24. The zero-order valence-corrected chi connectivity index (χ0v) is 17.9. The second kappa shape index (κ2) is 8.27. The van der Waals surface area contributed by atoms with Gasteiger partial charge >= 0.3 is 0 Å². The van der Waals surface area contributed by atoms with Gasteiger partial charge in [0.1, 0.15) is 5.75 Å². The number of nitrogens with zero attached hydrogens (tertiary/aromatic N) is 2.